The van der Waals surface area contributed by atoms with E-state index in [0.717, 1.165) is 28.7 Å². The van der Waals surface area contributed by atoms with Crippen molar-refractivity contribution in [2.45, 2.75) is 18.2 Å². The standard InChI is InChI=1S/C26H21FN4O4S2/c1-16-30-31-23(35-16)15-28-24(32)26(37(2,33)34,19-6-4-3-5-7-19)25-29-21-13-10-18(14-22(21)36-25)17-8-11-20(27)12-9-17/h3-14H,15H2,1-2H3,(H,28,32). The van der Waals surface area contributed by atoms with Gasteiger partial charge in [-0.1, -0.05) is 48.5 Å². The summed E-state index contributed by atoms with van der Waals surface area (Å²) in [6, 6.07) is 19.8. The van der Waals surface area contributed by atoms with E-state index in [9.17, 15) is 17.6 Å². The number of aryl methyl sites for hydroxylation is 1. The zero-order valence-electron chi connectivity index (χ0n) is 19.8. The first-order valence-electron chi connectivity index (χ1n) is 11.2. The number of hydrogen-bond acceptors (Lipinski definition) is 8. The molecule has 188 valence electrons. The smallest absolute Gasteiger partial charge is 0.253 e. The molecule has 1 atom stereocenters. The number of nitrogens with one attached hydrogen (secondary N) is 1. The van der Waals surface area contributed by atoms with Crippen LogP contribution in [0.1, 0.15) is 22.4 Å². The number of amides is 1. The number of rotatable bonds is 7. The number of sulfone groups is 1. The number of benzene rings is 3. The van der Waals surface area contributed by atoms with Crippen molar-refractivity contribution in [1.82, 2.24) is 20.5 Å². The molecular weight excluding hydrogens is 515 g/mol. The van der Waals surface area contributed by atoms with Gasteiger partial charge >= 0.3 is 0 Å². The van der Waals surface area contributed by atoms with E-state index in [1.54, 1.807) is 55.5 Å². The summed E-state index contributed by atoms with van der Waals surface area (Å²) < 4.78 is 44.3. The monoisotopic (exact) mass is 536 g/mol. The van der Waals surface area contributed by atoms with Crippen LogP contribution in [0.5, 0.6) is 0 Å². The molecule has 3 aromatic carbocycles. The highest BCUT2D eigenvalue weighted by molar-refractivity contribution is 7.92. The molecule has 2 heterocycles. The maximum absolute atomic E-state index is 13.8. The van der Waals surface area contributed by atoms with Crippen LogP contribution >= 0.6 is 11.3 Å². The van der Waals surface area contributed by atoms with E-state index in [0.29, 0.717) is 16.1 Å². The molecule has 0 saturated carbocycles. The minimum absolute atomic E-state index is 0.103. The van der Waals surface area contributed by atoms with E-state index in [4.69, 9.17) is 4.42 Å². The fraction of sp³-hybridized carbons (Fsp3) is 0.154. The van der Waals surface area contributed by atoms with Crippen LogP contribution in [-0.4, -0.2) is 35.8 Å². The number of carbonyl (C=O) groups is 1. The maximum Gasteiger partial charge on any atom is 0.253 e. The molecule has 0 bridgehead atoms. The van der Waals surface area contributed by atoms with Gasteiger partial charge in [-0.3, -0.25) is 4.79 Å². The lowest BCUT2D eigenvalue weighted by atomic mass is 9.97. The predicted molar refractivity (Wildman–Crippen MR) is 138 cm³/mol. The summed E-state index contributed by atoms with van der Waals surface area (Å²) in [5, 5.41) is 10.4. The van der Waals surface area contributed by atoms with Crippen molar-refractivity contribution in [2.24, 2.45) is 0 Å². The van der Waals surface area contributed by atoms with Gasteiger partial charge in [0.15, 0.2) is 9.84 Å². The normalized spacial score (nSPS) is 13.4. The van der Waals surface area contributed by atoms with Gasteiger partial charge in [0.05, 0.1) is 16.8 Å². The van der Waals surface area contributed by atoms with Crippen molar-refractivity contribution in [3.05, 3.63) is 101 Å². The summed E-state index contributed by atoms with van der Waals surface area (Å²) in [7, 11) is -4.12. The summed E-state index contributed by atoms with van der Waals surface area (Å²) in [5.74, 6) is -0.651. The van der Waals surface area contributed by atoms with Crippen LogP contribution in [0.4, 0.5) is 4.39 Å². The number of hydrogen-bond donors (Lipinski definition) is 1. The highest BCUT2D eigenvalue weighted by Crippen LogP contribution is 2.42. The molecule has 1 unspecified atom stereocenters. The van der Waals surface area contributed by atoms with Crippen LogP contribution in [0.3, 0.4) is 0 Å². The Morgan fingerprint density at radius 1 is 1.03 bits per heavy atom. The van der Waals surface area contributed by atoms with Gasteiger partial charge < -0.3 is 9.73 Å². The molecule has 5 rings (SSSR count). The molecule has 0 spiro atoms. The Bertz CT molecular complexity index is 1700. The zero-order chi connectivity index (χ0) is 26.2. The molecule has 0 fully saturated rings. The van der Waals surface area contributed by atoms with Crippen molar-refractivity contribution in [2.75, 3.05) is 6.26 Å². The Hall–Kier alpha value is -3.96. The number of nitrogens with zero attached hydrogens (tertiary/aromatic N) is 3. The first-order chi connectivity index (χ1) is 17.7. The summed E-state index contributed by atoms with van der Waals surface area (Å²) in [4.78, 5) is 18.5. The molecule has 0 aliphatic rings. The average Bonchev–Trinajstić information content (AvgIpc) is 3.49. The molecule has 5 aromatic rings. The largest absolute Gasteiger partial charge is 0.424 e. The number of aromatic nitrogens is 3. The van der Waals surface area contributed by atoms with Gasteiger partial charge in [-0.25, -0.2) is 17.8 Å². The first kappa shape index (κ1) is 24.7. The minimum atomic E-state index is -4.12. The molecule has 37 heavy (non-hydrogen) atoms. The Balaban J connectivity index is 1.65. The van der Waals surface area contributed by atoms with Crippen LogP contribution in [0.25, 0.3) is 21.3 Å². The molecule has 0 saturated heterocycles. The lowest BCUT2D eigenvalue weighted by molar-refractivity contribution is -0.123. The van der Waals surface area contributed by atoms with Gasteiger partial charge in [0.25, 0.3) is 5.91 Å². The van der Waals surface area contributed by atoms with Crippen molar-refractivity contribution in [3.63, 3.8) is 0 Å². The van der Waals surface area contributed by atoms with Gasteiger partial charge in [-0.15, -0.1) is 21.5 Å². The molecule has 0 aliphatic carbocycles. The third-order valence-corrected chi connectivity index (χ3v) is 8.89. The van der Waals surface area contributed by atoms with Gasteiger partial charge in [-0.05, 0) is 41.0 Å². The lowest BCUT2D eigenvalue weighted by Gasteiger charge is -2.29. The summed E-state index contributed by atoms with van der Waals surface area (Å²) in [5.41, 5.74) is 2.40. The Morgan fingerprint density at radius 3 is 2.38 bits per heavy atom. The second-order valence-electron chi connectivity index (χ2n) is 8.43. The molecule has 2 aromatic heterocycles. The highest BCUT2D eigenvalue weighted by Gasteiger charge is 2.54. The van der Waals surface area contributed by atoms with Crippen LogP contribution in [-0.2, 0) is 25.9 Å². The van der Waals surface area contributed by atoms with Crippen molar-refractivity contribution in [3.8, 4) is 11.1 Å². The number of carbonyl (C=O) groups excluding carboxylic acids is 1. The van der Waals surface area contributed by atoms with E-state index < -0.39 is 20.5 Å². The third-order valence-electron chi connectivity index (χ3n) is 5.89. The number of thiazole rings is 1. The van der Waals surface area contributed by atoms with E-state index in [2.05, 4.69) is 20.5 Å². The molecule has 0 aliphatic heterocycles. The summed E-state index contributed by atoms with van der Waals surface area (Å²) in [6.45, 7) is 1.47. The average molecular weight is 537 g/mol. The van der Waals surface area contributed by atoms with Gasteiger partial charge in [0, 0.05) is 13.2 Å². The predicted octanol–water partition coefficient (Wildman–Crippen LogP) is 4.40. The van der Waals surface area contributed by atoms with Crippen LogP contribution in [0.2, 0.25) is 0 Å². The fourth-order valence-corrected chi connectivity index (χ4v) is 7.18. The molecule has 0 radical (unpaired) electrons. The lowest BCUT2D eigenvalue weighted by Crippen LogP contribution is -2.50. The van der Waals surface area contributed by atoms with E-state index in [-0.39, 0.29) is 28.8 Å². The second kappa shape index (κ2) is 9.49. The Labute approximate surface area is 216 Å². The van der Waals surface area contributed by atoms with Crippen LogP contribution in [0.15, 0.2) is 77.2 Å². The Kier molecular flexibility index (Phi) is 6.34. The third kappa shape index (κ3) is 4.51. The molecule has 1 amide bonds. The van der Waals surface area contributed by atoms with Crippen LogP contribution < -0.4 is 5.32 Å². The Morgan fingerprint density at radius 2 is 1.73 bits per heavy atom. The van der Waals surface area contributed by atoms with Crippen molar-refractivity contribution < 1.29 is 22.0 Å². The maximum atomic E-state index is 13.8. The molecule has 1 N–H and O–H groups in total. The molecular formula is C26H21FN4O4S2. The molecule has 8 nitrogen and oxygen atoms in total. The topological polar surface area (TPSA) is 115 Å². The van der Waals surface area contributed by atoms with E-state index >= 15 is 0 Å². The van der Waals surface area contributed by atoms with E-state index in [1.807, 2.05) is 12.1 Å². The second-order valence-corrected chi connectivity index (χ2v) is 11.6. The van der Waals surface area contributed by atoms with Gasteiger partial charge in [0.1, 0.15) is 10.8 Å². The van der Waals surface area contributed by atoms with Crippen LogP contribution in [0, 0.1) is 12.7 Å². The summed E-state index contributed by atoms with van der Waals surface area (Å²) in [6.07, 6.45) is 1.02. The SMILES string of the molecule is Cc1nnc(CNC(=O)C(c2ccccc2)(c2nc3ccc(-c4ccc(F)cc4)cc3s2)S(C)(=O)=O)o1. The minimum Gasteiger partial charge on any atom is -0.424 e. The summed E-state index contributed by atoms with van der Waals surface area (Å²) >= 11 is 1.12. The van der Waals surface area contributed by atoms with Crippen molar-refractivity contribution >= 4 is 37.3 Å². The fourth-order valence-electron chi connectivity index (χ4n) is 4.15. The number of fused-ring (bicyclic) bond motifs is 1. The van der Waals surface area contributed by atoms with Crippen molar-refractivity contribution in [1.29, 1.82) is 0 Å². The van der Waals surface area contributed by atoms with Gasteiger partial charge in [0.2, 0.25) is 16.5 Å². The number of halogens is 1. The van der Waals surface area contributed by atoms with Gasteiger partial charge in [-0.2, -0.15) is 0 Å². The first-order valence-corrected chi connectivity index (χ1v) is 13.9. The zero-order valence-corrected chi connectivity index (χ0v) is 21.4. The highest BCUT2D eigenvalue weighted by atomic mass is 32.2. The van der Waals surface area contributed by atoms with E-state index in [1.165, 1.54) is 12.1 Å². The quantitative estimate of drug-likeness (QED) is 0.328. The molecule has 11 heteroatoms.